The van der Waals surface area contributed by atoms with E-state index in [0.717, 1.165) is 53.5 Å². The van der Waals surface area contributed by atoms with Crippen LogP contribution in [0.3, 0.4) is 0 Å². The van der Waals surface area contributed by atoms with E-state index in [1.165, 1.54) is 12.4 Å². The molecule has 2 aromatic carbocycles. The van der Waals surface area contributed by atoms with E-state index >= 15 is 0 Å². The Hall–Kier alpha value is -7.57. The zero-order valence-corrected chi connectivity index (χ0v) is 39.1. The van der Waals surface area contributed by atoms with Gasteiger partial charge >= 0.3 is 7.12 Å². The van der Waals surface area contributed by atoms with Crippen LogP contribution in [0.2, 0.25) is 0 Å². The van der Waals surface area contributed by atoms with E-state index in [1.54, 1.807) is 50.2 Å². The fraction of sp³-hybridized carbons (Fsp3) is 0.217. The SMILES string of the molecule is Cc1ncc(-c2ccc3c(c2)C(=O)Nc2cccc(n2)-c2nncn2CCCCO3)cn1.Cc1ncc(B(O)O)cn1.O=C1Nc2cccc(n2)-c2nncn2CCCCOc2ccc(I)cc21. The lowest BCUT2D eigenvalue weighted by Crippen LogP contribution is -2.30. The van der Waals surface area contributed by atoms with Crippen molar-refractivity contribution in [2.24, 2.45) is 0 Å². The van der Waals surface area contributed by atoms with Gasteiger partial charge in [0.1, 0.15) is 58.8 Å². The second kappa shape index (κ2) is 22.3. The summed E-state index contributed by atoms with van der Waals surface area (Å²) in [6.45, 7) is 6.13. The van der Waals surface area contributed by atoms with E-state index in [1.807, 2.05) is 70.7 Å². The third kappa shape index (κ3) is 12.1. The van der Waals surface area contributed by atoms with Crippen LogP contribution < -0.4 is 25.6 Å². The Kier molecular flexibility index (Phi) is 15.4. The molecule has 0 saturated heterocycles. The monoisotopic (exact) mass is 1030 g/mol. The Morgan fingerprint density at radius 3 is 1.65 bits per heavy atom. The molecule has 0 spiro atoms. The van der Waals surface area contributed by atoms with Crippen LogP contribution in [0.5, 0.6) is 11.5 Å². The number of aryl methyl sites for hydroxylation is 4. The summed E-state index contributed by atoms with van der Waals surface area (Å²) >= 11 is 2.18. The third-order valence-corrected chi connectivity index (χ3v) is 11.1. The van der Waals surface area contributed by atoms with Gasteiger partial charge in [0, 0.05) is 52.5 Å². The van der Waals surface area contributed by atoms with Crippen LogP contribution >= 0.6 is 22.6 Å². The molecule has 0 atom stereocenters. The lowest BCUT2D eigenvalue weighted by Gasteiger charge is -2.15. The number of halogens is 1. The number of ether oxygens (including phenoxy) is 2. The summed E-state index contributed by atoms with van der Waals surface area (Å²) in [7, 11) is -1.47. The zero-order chi connectivity index (χ0) is 47.4. The van der Waals surface area contributed by atoms with Crippen LogP contribution in [0.4, 0.5) is 11.6 Å². The maximum Gasteiger partial charge on any atom is 0.491 e. The first-order valence-electron chi connectivity index (χ1n) is 21.5. The molecule has 0 aliphatic carbocycles. The Morgan fingerprint density at radius 1 is 0.618 bits per heavy atom. The Morgan fingerprint density at radius 2 is 1.12 bits per heavy atom. The largest absolute Gasteiger partial charge is 0.493 e. The number of pyridine rings is 2. The molecule has 20 nitrogen and oxygen atoms in total. The fourth-order valence-corrected chi connectivity index (χ4v) is 7.38. The molecule has 2 aliphatic rings. The van der Waals surface area contributed by atoms with Crippen molar-refractivity contribution < 1.29 is 29.1 Å². The van der Waals surface area contributed by atoms with E-state index in [2.05, 4.69) is 83.5 Å². The first-order valence-corrected chi connectivity index (χ1v) is 22.6. The number of nitrogens with one attached hydrogen (secondary N) is 2. The van der Waals surface area contributed by atoms with Gasteiger partial charge in [-0.15, -0.1) is 20.4 Å². The quantitative estimate of drug-likeness (QED) is 0.125. The standard InChI is InChI=1S/C23H21N7O2.C18H16IN5O2.C5H7BN2O2/c1-15-24-12-17(13-25-15)16-7-8-20-18(11-16)23(31)28-21-6-4-5-19(27-21)22-29-26-14-30(22)9-2-3-10-32-20;19-12-6-7-15-13(10-12)18(25)22-16-5-3-4-14(21-16)17-23-20-11-24(17)8-1-2-9-26-15;1-4-7-2-5(3-8-4)6(9)10/h4-8,11-14H,2-3,9-10H2,1H3,(H,27,28,31);3-7,10-11H,1-2,8-9H2,(H,21,22,25);2-3,9-10H,1H3. The van der Waals surface area contributed by atoms with Crippen LogP contribution in [0.1, 0.15) is 58.0 Å². The molecule has 8 aromatic rings. The van der Waals surface area contributed by atoms with E-state index in [0.29, 0.717) is 87.6 Å². The van der Waals surface area contributed by atoms with Crippen molar-refractivity contribution in [3.8, 4) is 45.7 Å². The first kappa shape index (κ1) is 46.9. The van der Waals surface area contributed by atoms with Gasteiger partial charge in [0.25, 0.3) is 11.8 Å². The number of amides is 2. The smallest absolute Gasteiger partial charge is 0.491 e. The molecule has 22 heteroatoms. The lowest BCUT2D eigenvalue weighted by molar-refractivity contribution is 0.101. The van der Waals surface area contributed by atoms with Gasteiger partial charge in [-0.3, -0.25) is 9.59 Å². The number of nitrogens with zero attached hydrogens (tertiary/aromatic N) is 12. The van der Waals surface area contributed by atoms with E-state index in [4.69, 9.17) is 19.5 Å². The van der Waals surface area contributed by atoms with Gasteiger partial charge in [0.05, 0.1) is 24.3 Å². The minimum atomic E-state index is -1.47. The van der Waals surface area contributed by atoms with E-state index in [9.17, 15) is 9.59 Å². The van der Waals surface area contributed by atoms with Crippen molar-refractivity contribution >= 4 is 58.6 Å². The molecule has 2 aliphatic heterocycles. The number of anilines is 2. The summed E-state index contributed by atoms with van der Waals surface area (Å²) in [6, 6.07) is 22.0. The maximum absolute atomic E-state index is 13.2. The van der Waals surface area contributed by atoms with Crippen LogP contribution in [0, 0.1) is 17.4 Å². The molecule has 0 unspecified atom stereocenters. The highest BCUT2D eigenvalue weighted by Gasteiger charge is 2.19. The van der Waals surface area contributed by atoms with Gasteiger partial charge in [-0.1, -0.05) is 18.2 Å². The Bertz CT molecular complexity index is 3010. The topological polar surface area (TPSA) is 256 Å². The molecule has 344 valence electrons. The molecular formula is C46H44BIN14O6. The highest BCUT2D eigenvalue weighted by Crippen LogP contribution is 2.29. The third-order valence-electron chi connectivity index (χ3n) is 10.4. The van der Waals surface area contributed by atoms with Crippen molar-refractivity contribution in [2.75, 3.05) is 23.8 Å². The van der Waals surface area contributed by atoms with Crippen molar-refractivity contribution in [2.45, 2.75) is 52.6 Å². The zero-order valence-electron chi connectivity index (χ0n) is 36.9. The van der Waals surface area contributed by atoms with Crippen molar-refractivity contribution in [1.29, 1.82) is 0 Å². The predicted molar refractivity (Wildman–Crippen MR) is 260 cm³/mol. The number of rotatable bonds is 2. The molecule has 10 rings (SSSR count). The van der Waals surface area contributed by atoms with Crippen LogP contribution in [0.25, 0.3) is 34.2 Å². The molecule has 0 saturated carbocycles. The molecule has 2 amide bonds. The van der Waals surface area contributed by atoms with Gasteiger partial charge < -0.3 is 39.3 Å². The van der Waals surface area contributed by atoms with Crippen molar-refractivity contribution in [3.05, 3.63) is 137 Å². The Labute approximate surface area is 404 Å². The van der Waals surface area contributed by atoms with E-state index in [-0.39, 0.29) is 11.8 Å². The molecule has 0 radical (unpaired) electrons. The maximum atomic E-state index is 13.2. The van der Waals surface area contributed by atoms with Crippen LogP contribution in [-0.2, 0) is 13.1 Å². The van der Waals surface area contributed by atoms with Gasteiger partial charge in [-0.25, -0.2) is 29.9 Å². The van der Waals surface area contributed by atoms with Crippen LogP contribution in [-0.4, -0.2) is 102 Å². The molecule has 0 fully saturated rings. The van der Waals surface area contributed by atoms with Gasteiger partial charge in [0.2, 0.25) is 0 Å². The molecule has 68 heavy (non-hydrogen) atoms. The number of carbonyl (C=O) groups excluding carboxylic acids is 2. The average Bonchev–Trinajstić information content (AvgIpc) is 4.02. The number of aromatic nitrogens is 12. The van der Waals surface area contributed by atoms with E-state index < -0.39 is 7.12 Å². The molecule has 4 bridgehead atoms. The molecular weight excluding hydrogens is 982 g/mol. The second-order valence-electron chi connectivity index (χ2n) is 15.3. The number of hydrogen-bond acceptors (Lipinski definition) is 16. The molecule has 8 heterocycles. The lowest BCUT2D eigenvalue weighted by atomic mass is 9.83. The fourth-order valence-electron chi connectivity index (χ4n) is 6.89. The number of fused-ring (bicyclic) bond motifs is 10. The summed E-state index contributed by atoms with van der Waals surface area (Å²) in [6.07, 6.45) is 13.1. The first-order chi connectivity index (χ1) is 33.1. The Balaban J connectivity index is 0.000000155. The normalized spacial score (nSPS) is 13.4. The predicted octanol–water partition coefficient (Wildman–Crippen LogP) is 5.36. The number of hydrogen-bond donors (Lipinski definition) is 4. The summed E-state index contributed by atoms with van der Waals surface area (Å²) in [4.78, 5) is 51.1. The molecule has 4 N–H and O–H groups in total. The summed E-state index contributed by atoms with van der Waals surface area (Å²) in [5, 5.41) is 39.3. The second-order valence-corrected chi connectivity index (χ2v) is 16.6. The van der Waals surface area contributed by atoms with Gasteiger partial charge in [-0.2, -0.15) is 0 Å². The van der Waals surface area contributed by atoms with Crippen molar-refractivity contribution in [3.63, 3.8) is 0 Å². The summed E-state index contributed by atoms with van der Waals surface area (Å²) in [5.41, 5.74) is 4.23. The van der Waals surface area contributed by atoms with Crippen LogP contribution in [0.15, 0.2) is 110 Å². The minimum absolute atomic E-state index is 0.248. The van der Waals surface area contributed by atoms with Gasteiger partial charge in [-0.05, 0) is 122 Å². The summed E-state index contributed by atoms with van der Waals surface area (Å²) in [5.74, 6) is 4.10. The molecule has 6 aromatic heterocycles. The van der Waals surface area contributed by atoms with Gasteiger partial charge in [0.15, 0.2) is 11.6 Å². The van der Waals surface area contributed by atoms with Crippen molar-refractivity contribution in [1.82, 2.24) is 59.4 Å². The highest BCUT2D eigenvalue weighted by molar-refractivity contribution is 14.1. The minimum Gasteiger partial charge on any atom is -0.493 e. The average molecular weight is 1030 g/mol. The highest BCUT2D eigenvalue weighted by atomic mass is 127. The number of carbonyl (C=O) groups is 2. The number of benzene rings is 2. The summed E-state index contributed by atoms with van der Waals surface area (Å²) < 4.78 is 16.7.